The lowest BCUT2D eigenvalue weighted by atomic mass is 10.1. The molecule has 0 bridgehead atoms. The summed E-state index contributed by atoms with van der Waals surface area (Å²) in [5.41, 5.74) is 1.23. The van der Waals surface area contributed by atoms with E-state index in [-0.39, 0.29) is 5.88 Å². The van der Waals surface area contributed by atoms with Crippen molar-refractivity contribution in [1.29, 1.82) is 0 Å². The molecule has 0 radical (unpaired) electrons. The quantitative estimate of drug-likeness (QED) is 0.737. The molecule has 7 nitrogen and oxygen atoms in total. The van der Waals surface area contributed by atoms with Gasteiger partial charge in [-0.05, 0) is 6.42 Å². The second kappa shape index (κ2) is 7.39. The number of hydrazone groups is 1. The van der Waals surface area contributed by atoms with Crippen molar-refractivity contribution in [2.75, 3.05) is 32.8 Å². The Bertz CT molecular complexity index is 515. The van der Waals surface area contributed by atoms with Crippen molar-refractivity contribution in [3.63, 3.8) is 0 Å². The lowest BCUT2D eigenvalue weighted by Crippen LogP contribution is -2.44. The van der Waals surface area contributed by atoms with Gasteiger partial charge in [0, 0.05) is 31.8 Å². The zero-order chi connectivity index (χ0) is 15.4. The van der Waals surface area contributed by atoms with Crippen molar-refractivity contribution >= 4 is 17.3 Å². The van der Waals surface area contributed by atoms with Crippen LogP contribution in [0.5, 0.6) is 0 Å². The summed E-state index contributed by atoms with van der Waals surface area (Å²) in [5, 5.41) is 14.7. The number of ether oxygens (including phenoxy) is 1. The van der Waals surface area contributed by atoms with Crippen molar-refractivity contribution in [3.05, 3.63) is 11.8 Å². The number of hydrogen-bond acceptors (Lipinski definition) is 7. The number of alkyl halides is 1. The van der Waals surface area contributed by atoms with E-state index in [0.717, 1.165) is 45.7 Å². The summed E-state index contributed by atoms with van der Waals surface area (Å²) in [6.07, 6.45) is 1.98. The molecule has 3 rings (SSSR count). The summed E-state index contributed by atoms with van der Waals surface area (Å²) in [6, 6.07) is 0.361. The molecule has 3 heterocycles. The van der Waals surface area contributed by atoms with E-state index in [4.69, 9.17) is 25.9 Å². The van der Waals surface area contributed by atoms with Crippen LogP contribution in [0.4, 0.5) is 0 Å². The van der Waals surface area contributed by atoms with Gasteiger partial charge in [0.05, 0.1) is 19.3 Å². The summed E-state index contributed by atoms with van der Waals surface area (Å²) in [5.74, 6) is 1.28. The average Bonchev–Trinajstić information content (AvgIpc) is 3.16. The van der Waals surface area contributed by atoms with Crippen LogP contribution in [0.25, 0.3) is 0 Å². The van der Waals surface area contributed by atoms with E-state index in [1.54, 1.807) is 0 Å². The molecule has 22 heavy (non-hydrogen) atoms. The molecule has 2 aliphatic rings. The second-order valence-corrected chi connectivity index (χ2v) is 5.88. The maximum Gasteiger partial charge on any atom is 0.237 e. The fourth-order valence-corrected chi connectivity index (χ4v) is 2.95. The second-order valence-electron chi connectivity index (χ2n) is 5.61. The Morgan fingerprint density at radius 3 is 2.68 bits per heavy atom. The molecule has 1 atom stereocenters. The summed E-state index contributed by atoms with van der Waals surface area (Å²) in [6.45, 7) is 7.29. The molecule has 122 valence electrons. The normalized spacial score (nSPS) is 23.1. The highest BCUT2D eigenvalue weighted by Crippen LogP contribution is 2.21. The first-order valence-electron chi connectivity index (χ1n) is 7.78. The maximum absolute atomic E-state index is 5.70. The Morgan fingerprint density at radius 2 is 2.00 bits per heavy atom. The fourth-order valence-electron chi connectivity index (χ4n) is 2.85. The van der Waals surface area contributed by atoms with Gasteiger partial charge in [0.15, 0.2) is 0 Å². The Balaban J connectivity index is 1.63. The van der Waals surface area contributed by atoms with Gasteiger partial charge in [-0.1, -0.05) is 6.92 Å². The highest BCUT2D eigenvalue weighted by molar-refractivity contribution is 6.16. The Kier molecular flexibility index (Phi) is 5.28. The summed E-state index contributed by atoms with van der Waals surface area (Å²) < 4.78 is 10.9. The molecule has 1 unspecified atom stereocenters. The lowest BCUT2D eigenvalue weighted by molar-refractivity contribution is 0.0238. The van der Waals surface area contributed by atoms with E-state index >= 15 is 0 Å². The number of hydrogen-bond donors (Lipinski definition) is 0. The van der Waals surface area contributed by atoms with Crippen LogP contribution in [0.1, 0.15) is 31.5 Å². The van der Waals surface area contributed by atoms with Gasteiger partial charge >= 0.3 is 0 Å². The van der Waals surface area contributed by atoms with E-state index in [0.29, 0.717) is 24.4 Å². The third-order valence-corrected chi connectivity index (χ3v) is 4.29. The van der Waals surface area contributed by atoms with Crippen LogP contribution in [0.2, 0.25) is 0 Å². The zero-order valence-electron chi connectivity index (χ0n) is 12.9. The van der Waals surface area contributed by atoms with Crippen molar-refractivity contribution < 1.29 is 9.15 Å². The van der Waals surface area contributed by atoms with E-state index < -0.39 is 0 Å². The van der Waals surface area contributed by atoms with Crippen LogP contribution in [-0.2, 0) is 17.2 Å². The topological polar surface area (TPSA) is 67.0 Å². The van der Waals surface area contributed by atoms with Crippen molar-refractivity contribution in [3.8, 4) is 0 Å². The molecule has 0 saturated carbocycles. The first-order valence-corrected chi connectivity index (χ1v) is 8.32. The van der Waals surface area contributed by atoms with Crippen LogP contribution < -0.4 is 0 Å². The minimum atomic E-state index is 0.244. The number of halogens is 1. The molecule has 0 aliphatic carbocycles. The molecule has 2 aliphatic heterocycles. The van der Waals surface area contributed by atoms with E-state index in [9.17, 15) is 0 Å². The van der Waals surface area contributed by atoms with Crippen molar-refractivity contribution in [1.82, 2.24) is 20.1 Å². The molecule has 0 spiro atoms. The van der Waals surface area contributed by atoms with Gasteiger partial charge in [0.2, 0.25) is 11.8 Å². The van der Waals surface area contributed by atoms with E-state index in [1.807, 2.05) is 0 Å². The number of aromatic nitrogens is 2. The van der Waals surface area contributed by atoms with Gasteiger partial charge in [0.1, 0.15) is 12.4 Å². The molecule has 1 aromatic rings. The van der Waals surface area contributed by atoms with Crippen LogP contribution in [-0.4, -0.2) is 64.7 Å². The van der Waals surface area contributed by atoms with Gasteiger partial charge in [-0.15, -0.1) is 21.8 Å². The van der Waals surface area contributed by atoms with Gasteiger partial charge in [-0.25, -0.2) is 0 Å². The Morgan fingerprint density at radius 1 is 1.23 bits per heavy atom. The molecular formula is C14H22ClN5O2. The number of nitrogens with zero attached hydrogens (tertiary/aromatic N) is 5. The molecule has 0 amide bonds. The van der Waals surface area contributed by atoms with Crippen LogP contribution in [0.15, 0.2) is 9.52 Å². The smallest absolute Gasteiger partial charge is 0.237 e. The van der Waals surface area contributed by atoms with E-state index in [1.165, 1.54) is 5.71 Å². The monoisotopic (exact) mass is 327 g/mol. The van der Waals surface area contributed by atoms with Crippen LogP contribution >= 0.6 is 11.6 Å². The molecule has 1 aromatic heterocycles. The third kappa shape index (κ3) is 3.77. The average molecular weight is 328 g/mol. The molecule has 8 heteroatoms. The molecule has 1 fully saturated rings. The summed E-state index contributed by atoms with van der Waals surface area (Å²) in [4.78, 5) is 2.44. The summed E-state index contributed by atoms with van der Waals surface area (Å²) >= 11 is 5.70. The lowest BCUT2D eigenvalue weighted by Gasteiger charge is -2.31. The van der Waals surface area contributed by atoms with Gasteiger partial charge < -0.3 is 9.15 Å². The molecule has 0 aromatic carbocycles. The minimum Gasteiger partial charge on any atom is -0.422 e. The predicted molar refractivity (Wildman–Crippen MR) is 82.8 cm³/mol. The molecule has 1 saturated heterocycles. The maximum atomic E-state index is 5.70. The SMILES string of the molecule is CCC1=NN(Cc2nnc(CCl)o2)C(CN2CCOCC2)C1. The molecular weight excluding hydrogens is 306 g/mol. The standard InChI is InChI=1S/C14H22ClN5O2/c1-2-11-7-12(9-19-3-5-21-6-4-19)20(18-11)10-14-17-16-13(8-15)22-14/h12H,2-10H2,1H3. The molecule has 0 N–H and O–H groups in total. The number of morpholine rings is 1. The van der Waals surface area contributed by atoms with Crippen molar-refractivity contribution in [2.24, 2.45) is 5.10 Å². The third-order valence-electron chi connectivity index (χ3n) is 4.06. The van der Waals surface area contributed by atoms with Gasteiger partial charge in [-0.2, -0.15) is 5.10 Å². The minimum absolute atomic E-state index is 0.244. The van der Waals surface area contributed by atoms with Crippen molar-refractivity contribution in [2.45, 2.75) is 38.2 Å². The largest absolute Gasteiger partial charge is 0.422 e. The first kappa shape index (κ1) is 15.7. The highest BCUT2D eigenvalue weighted by atomic mass is 35.5. The van der Waals surface area contributed by atoms with Crippen LogP contribution in [0, 0.1) is 0 Å². The summed E-state index contributed by atoms with van der Waals surface area (Å²) in [7, 11) is 0. The Labute approximate surface area is 135 Å². The zero-order valence-corrected chi connectivity index (χ0v) is 13.6. The number of rotatable bonds is 6. The Hall–Kier alpha value is -1.18. The van der Waals surface area contributed by atoms with Crippen LogP contribution in [0.3, 0.4) is 0 Å². The highest BCUT2D eigenvalue weighted by Gasteiger charge is 2.29. The van der Waals surface area contributed by atoms with Gasteiger partial charge in [0.25, 0.3) is 0 Å². The fraction of sp³-hybridized carbons (Fsp3) is 0.786. The van der Waals surface area contributed by atoms with Gasteiger partial charge in [-0.3, -0.25) is 9.91 Å². The van der Waals surface area contributed by atoms with E-state index in [2.05, 4.69) is 27.0 Å². The first-order chi connectivity index (χ1) is 10.8. The predicted octanol–water partition coefficient (Wildman–Crippen LogP) is 1.48.